The second kappa shape index (κ2) is 12.2. The molecule has 0 unspecified atom stereocenters. The van der Waals surface area contributed by atoms with Crippen LogP contribution in [0.15, 0.2) is 24.5 Å². The fourth-order valence-electron chi connectivity index (χ4n) is 7.73. The summed E-state index contributed by atoms with van der Waals surface area (Å²) in [6.45, 7) is 6.54. The monoisotopic (exact) mass is 620 g/mol. The van der Waals surface area contributed by atoms with Gasteiger partial charge in [0.25, 0.3) is 6.43 Å². The molecule has 4 aliphatic rings. The summed E-state index contributed by atoms with van der Waals surface area (Å²) in [7, 11) is 1.78. The van der Waals surface area contributed by atoms with Gasteiger partial charge in [-0.3, -0.25) is 19.0 Å². The van der Waals surface area contributed by atoms with Gasteiger partial charge in [0.15, 0.2) is 5.82 Å². The minimum atomic E-state index is -2.65. The summed E-state index contributed by atoms with van der Waals surface area (Å²) in [5, 5.41) is 12.8. The van der Waals surface area contributed by atoms with Crippen molar-refractivity contribution in [3.05, 3.63) is 46.9 Å². The van der Waals surface area contributed by atoms with Crippen molar-refractivity contribution in [1.82, 2.24) is 34.7 Å². The van der Waals surface area contributed by atoms with E-state index in [1.807, 2.05) is 15.9 Å². The molecule has 2 fully saturated rings. The molecule has 10 nitrogen and oxygen atoms in total. The van der Waals surface area contributed by atoms with E-state index < -0.39 is 6.43 Å². The van der Waals surface area contributed by atoms with E-state index in [-0.39, 0.29) is 29.3 Å². The van der Waals surface area contributed by atoms with E-state index in [0.29, 0.717) is 50.3 Å². The van der Waals surface area contributed by atoms with Gasteiger partial charge in [0.05, 0.1) is 18.8 Å². The molecule has 4 aliphatic heterocycles. The van der Waals surface area contributed by atoms with Gasteiger partial charge in [-0.05, 0) is 74.9 Å². The van der Waals surface area contributed by atoms with Crippen molar-refractivity contribution in [3.63, 3.8) is 0 Å². The minimum Gasteiger partial charge on any atom is -0.342 e. The summed E-state index contributed by atoms with van der Waals surface area (Å²) in [6.07, 6.45) is 6.54. The number of hydrogen-bond acceptors (Lipinski definition) is 6. The van der Waals surface area contributed by atoms with E-state index >= 15 is 0 Å². The van der Waals surface area contributed by atoms with Crippen molar-refractivity contribution in [2.45, 2.75) is 70.9 Å². The number of alkyl halides is 2. The Kier molecular flexibility index (Phi) is 8.09. The van der Waals surface area contributed by atoms with Crippen LogP contribution in [-0.4, -0.2) is 80.4 Å². The highest BCUT2D eigenvalue weighted by Gasteiger charge is 2.36. The van der Waals surface area contributed by atoms with Crippen molar-refractivity contribution >= 4 is 23.3 Å². The second-order valence-electron chi connectivity index (χ2n) is 13.0. The molecule has 2 amide bonds. The summed E-state index contributed by atoms with van der Waals surface area (Å²) < 4.78 is 32.9. The Bertz CT molecular complexity index is 1590. The third-order valence-corrected chi connectivity index (χ3v) is 10.2. The van der Waals surface area contributed by atoms with Crippen molar-refractivity contribution in [3.8, 4) is 11.1 Å². The van der Waals surface area contributed by atoms with E-state index in [1.54, 1.807) is 37.1 Å². The van der Waals surface area contributed by atoms with Gasteiger partial charge in [-0.15, -0.1) is 0 Å². The SMILES string of the molecule is CC(=O)N1CCc2c(c(N3CCCc4cc(-c5cnn(C)c5)c(C(F)F)cc43)nn2C2CCN(C(=O)C3CCNCC3)CC2)C1. The molecule has 0 radical (unpaired) electrons. The van der Waals surface area contributed by atoms with Gasteiger partial charge in [-0.1, -0.05) is 0 Å². The van der Waals surface area contributed by atoms with Crippen molar-refractivity contribution < 1.29 is 18.4 Å². The highest BCUT2D eigenvalue weighted by molar-refractivity contribution is 5.79. The molecule has 0 spiro atoms. The molecule has 7 rings (SSSR count). The maximum atomic E-state index is 14.5. The lowest BCUT2D eigenvalue weighted by molar-refractivity contribution is -0.137. The van der Waals surface area contributed by atoms with Crippen LogP contribution in [0.25, 0.3) is 11.1 Å². The normalized spacial score (nSPS) is 19.6. The van der Waals surface area contributed by atoms with Crippen LogP contribution in [-0.2, 0) is 36.0 Å². The zero-order valence-electron chi connectivity index (χ0n) is 26.1. The molecule has 0 atom stereocenters. The zero-order chi connectivity index (χ0) is 31.2. The molecule has 240 valence electrons. The van der Waals surface area contributed by atoms with Gasteiger partial charge in [0.2, 0.25) is 11.8 Å². The fourth-order valence-corrected chi connectivity index (χ4v) is 7.73. The molecule has 2 saturated heterocycles. The Labute approximate surface area is 262 Å². The number of carbonyl (C=O) groups excluding carboxylic acids is 2. The maximum Gasteiger partial charge on any atom is 0.264 e. The Balaban J connectivity index is 1.22. The number of hydrogen-bond donors (Lipinski definition) is 1. The number of amides is 2. The highest BCUT2D eigenvalue weighted by Crippen LogP contribution is 2.43. The van der Waals surface area contributed by atoms with E-state index in [1.165, 1.54) is 0 Å². The molecule has 45 heavy (non-hydrogen) atoms. The number of carbonyl (C=O) groups is 2. The fraction of sp³-hybridized carbons (Fsp3) is 0.576. The van der Waals surface area contributed by atoms with Gasteiger partial charge < -0.3 is 20.0 Å². The second-order valence-corrected chi connectivity index (χ2v) is 13.0. The number of fused-ring (bicyclic) bond motifs is 2. The molecule has 6 heterocycles. The Hall–Kier alpha value is -3.80. The average Bonchev–Trinajstić information content (AvgIpc) is 3.67. The number of halogens is 2. The van der Waals surface area contributed by atoms with Crippen LogP contribution in [0.2, 0.25) is 0 Å². The summed E-state index contributed by atoms with van der Waals surface area (Å²) in [4.78, 5) is 31.7. The van der Waals surface area contributed by atoms with Crippen LogP contribution in [0, 0.1) is 5.92 Å². The molecule has 3 aromatic rings. The molecular formula is C33H42F2N8O2. The molecule has 2 aromatic heterocycles. The first kappa shape index (κ1) is 29.9. The Morgan fingerprint density at radius 2 is 1.78 bits per heavy atom. The van der Waals surface area contributed by atoms with Crippen molar-refractivity contribution in [2.24, 2.45) is 13.0 Å². The molecular weight excluding hydrogens is 578 g/mol. The third-order valence-electron chi connectivity index (χ3n) is 10.2. The first-order valence-electron chi connectivity index (χ1n) is 16.3. The molecule has 0 aliphatic carbocycles. The lowest BCUT2D eigenvalue weighted by Crippen LogP contribution is -2.45. The number of benzene rings is 1. The molecule has 1 N–H and O–H groups in total. The van der Waals surface area contributed by atoms with Gasteiger partial charge in [0, 0.05) is 86.8 Å². The number of anilines is 2. The zero-order valence-corrected chi connectivity index (χ0v) is 26.1. The number of likely N-dealkylation sites (tertiary alicyclic amines) is 1. The van der Waals surface area contributed by atoms with Crippen molar-refractivity contribution in [2.75, 3.05) is 44.2 Å². The summed E-state index contributed by atoms with van der Waals surface area (Å²) in [5.74, 6) is 1.17. The number of aromatic nitrogens is 4. The lowest BCUT2D eigenvalue weighted by atomic mass is 9.92. The van der Waals surface area contributed by atoms with Crippen LogP contribution < -0.4 is 10.2 Å². The number of piperidine rings is 2. The Morgan fingerprint density at radius 3 is 2.47 bits per heavy atom. The quantitative estimate of drug-likeness (QED) is 0.456. The average molecular weight is 621 g/mol. The smallest absolute Gasteiger partial charge is 0.264 e. The number of rotatable bonds is 5. The minimum absolute atomic E-state index is 0.0156. The lowest BCUT2D eigenvalue weighted by Gasteiger charge is -2.36. The standard InChI is InChI=1S/C33H42F2N8O2/c1-21(44)41-15-9-29-28(20-41)32(38-43(29)25-7-13-40(14-8-25)33(45)22-5-10-36-11-6-22)42-12-3-4-23-16-26(24-18-37-39(2)19-24)27(31(34)35)17-30(23)42/h16-19,22,25,31,36H,3-15,20H2,1-2H3. The maximum absolute atomic E-state index is 14.5. The summed E-state index contributed by atoms with van der Waals surface area (Å²) >= 11 is 0. The third kappa shape index (κ3) is 5.62. The van der Waals surface area contributed by atoms with E-state index in [0.717, 1.165) is 79.9 Å². The van der Waals surface area contributed by atoms with Gasteiger partial charge in [-0.2, -0.15) is 10.2 Å². The van der Waals surface area contributed by atoms with Gasteiger partial charge in [-0.25, -0.2) is 8.78 Å². The van der Waals surface area contributed by atoms with E-state index in [9.17, 15) is 18.4 Å². The van der Waals surface area contributed by atoms with Gasteiger partial charge >= 0.3 is 0 Å². The molecule has 1 aromatic carbocycles. The summed E-state index contributed by atoms with van der Waals surface area (Å²) in [6, 6.07) is 3.69. The van der Waals surface area contributed by atoms with E-state index in [2.05, 4.69) is 20.0 Å². The topological polar surface area (TPSA) is 91.5 Å². The van der Waals surface area contributed by atoms with Crippen molar-refractivity contribution in [1.29, 1.82) is 0 Å². The predicted octanol–water partition coefficient (Wildman–Crippen LogP) is 4.37. The Morgan fingerprint density at radius 1 is 1.00 bits per heavy atom. The van der Waals surface area contributed by atoms with Crippen LogP contribution in [0.5, 0.6) is 0 Å². The first-order chi connectivity index (χ1) is 21.8. The molecule has 0 saturated carbocycles. The number of nitrogens with one attached hydrogen (secondary N) is 1. The van der Waals surface area contributed by atoms with Crippen LogP contribution in [0.4, 0.5) is 20.3 Å². The number of nitrogens with zero attached hydrogens (tertiary/aromatic N) is 7. The van der Waals surface area contributed by atoms with Crippen LogP contribution >= 0.6 is 0 Å². The molecule has 0 bridgehead atoms. The first-order valence-corrected chi connectivity index (χ1v) is 16.3. The van der Waals surface area contributed by atoms with Gasteiger partial charge in [0.1, 0.15) is 0 Å². The van der Waals surface area contributed by atoms with Crippen LogP contribution in [0.3, 0.4) is 0 Å². The largest absolute Gasteiger partial charge is 0.342 e. The summed E-state index contributed by atoms with van der Waals surface area (Å²) in [5.41, 5.74) is 5.08. The predicted molar refractivity (Wildman–Crippen MR) is 166 cm³/mol. The van der Waals surface area contributed by atoms with E-state index in [4.69, 9.17) is 5.10 Å². The van der Waals surface area contributed by atoms with Crippen LogP contribution in [0.1, 0.15) is 73.9 Å². The number of aryl methyl sites for hydroxylation is 2. The highest BCUT2D eigenvalue weighted by atomic mass is 19.3. The molecule has 12 heteroatoms.